The van der Waals surface area contributed by atoms with Gasteiger partial charge in [0.05, 0.1) is 0 Å². The zero-order chi connectivity index (χ0) is 12.8. The van der Waals surface area contributed by atoms with Crippen LogP contribution >= 0.6 is 24.2 Å². The second-order valence-electron chi connectivity index (χ2n) is 4.84. The number of amides is 2. The highest BCUT2D eigenvalue weighted by Gasteiger charge is 2.24. The van der Waals surface area contributed by atoms with Crippen molar-refractivity contribution in [3.63, 3.8) is 0 Å². The maximum atomic E-state index is 11.9. The fourth-order valence-electron chi connectivity index (χ4n) is 2.30. The van der Waals surface area contributed by atoms with Crippen LogP contribution in [0.1, 0.15) is 25.7 Å². The molecule has 0 spiro atoms. The summed E-state index contributed by atoms with van der Waals surface area (Å²) in [6, 6.07) is -0.0890. The van der Waals surface area contributed by atoms with E-state index >= 15 is 0 Å². The van der Waals surface area contributed by atoms with Crippen molar-refractivity contribution in [2.24, 2.45) is 0 Å². The molecule has 2 fully saturated rings. The van der Waals surface area contributed by atoms with Crippen LogP contribution in [0.5, 0.6) is 0 Å². The minimum atomic E-state index is -0.337. The van der Waals surface area contributed by atoms with Gasteiger partial charge in [-0.3, -0.25) is 9.59 Å². The molecule has 19 heavy (non-hydrogen) atoms. The number of rotatable bonds is 3. The van der Waals surface area contributed by atoms with Gasteiger partial charge in [0.25, 0.3) is 0 Å². The number of thioether (sulfide) groups is 1. The van der Waals surface area contributed by atoms with E-state index in [0.717, 1.165) is 43.9 Å². The van der Waals surface area contributed by atoms with E-state index in [-0.39, 0.29) is 36.3 Å². The minimum Gasteiger partial charge on any atom is -0.354 e. The molecule has 2 rings (SSSR count). The Balaban J connectivity index is 0.00000180. The van der Waals surface area contributed by atoms with Gasteiger partial charge in [-0.1, -0.05) is 0 Å². The smallest absolute Gasteiger partial charge is 0.242 e. The van der Waals surface area contributed by atoms with Crippen molar-refractivity contribution < 1.29 is 9.59 Å². The lowest BCUT2D eigenvalue weighted by atomic mass is 10.1. The highest BCUT2D eigenvalue weighted by Crippen LogP contribution is 2.11. The number of carbonyl (C=O) groups excluding carboxylic acids is 2. The van der Waals surface area contributed by atoms with E-state index in [1.807, 2.05) is 11.8 Å². The van der Waals surface area contributed by atoms with Crippen LogP contribution in [0.15, 0.2) is 0 Å². The second-order valence-corrected chi connectivity index (χ2v) is 5.99. The molecule has 0 bridgehead atoms. The molecule has 2 unspecified atom stereocenters. The Labute approximate surface area is 124 Å². The Hall–Kier alpha value is -0.460. The van der Waals surface area contributed by atoms with Crippen molar-refractivity contribution in [3.8, 4) is 0 Å². The van der Waals surface area contributed by atoms with Gasteiger partial charge in [-0.05, 0) is 19.3 Å². The molecule has 2 aliphatic heterocycles. The van der Waals surface area contributed by atoms with Crippen molar-refractivity contribution in [3.05, 3.63) is 0 Å². The van der Waals surface area contributed by atoms with Crippen LogP contribution in [0.3, 0.4) is 0 Å². The van der Waals surface area contributed by atoms with Crippen molar-refractivity contribution in [2.45, 2.75) is 37.8 Å². The maximum absolute atomic E-state index is 11.9. The molecular weight excluding hydrogens is 286 g/mol. The SMILES string of the molecule is Cl.O=C(CC1CSCCN1)NC1CCCCNC1=O. The fraction of sp³-hybridized carbons (Fsp3) is 0.833. The van der Waals surface area contributed by atoms with E-state index in [1.165, 1.54) is 0 Å². The average Bonchev–Trinajstić information content (AvgIpc) is 2.56. The first-order valence-electron chi connectivity index (χ1n) is 6.64. The second kappa shape index (κ2) is 8.66. The average molecular weight is 308 g/mol. The zero-order valence-corrected chi connectivity index (χ0v) is 12.6. The van der Waals surface area contributed by atoms with Crippen LogP contribution in [0, 0.1) is 0 Å². The third kappa shape index (κ3) is 5.58. The summed E-state index contributed by atoms with van der Waals surface area (Å²) >= 11 is 1.87. The number of halogens is 1. The van der Waals surface area contributed by atoms with Gasteiger partial charge >= 0.3 is 0 Å². The van der Waals surface area contributed by atoms with Gasteiger partial charge in [0.2, 0.25) is 11.8 Å². The summed E-state index contributed by atoms with van der Waals surface area (Å²) in [5.74, 6) is 2.04. The third-order valence-electron chi connectivity index (χ3n) is 3.30. The first-order chi connectivity index (χ1) is 8.75. The number of nitrogens with one attached hydrogen (secondary N) is 3. The van der Waals surface area contributed by atoms with Crippen molar-refractivity contribution >= 4 is 36.0 Å². The summed E-state index contributed by atoms with van der Waals surface area (Å²) in [5, 5.41) is 9.01. The molecule has 0 radical (unpaired) electrons. The summed E-state index contributed by atoms with van der Waals surface area (Å²) in [6.45, 7) is 1.69. The molecule has 2 atom stereocenters. The lowest BCUT2D eigenvalue weighted by Crippen LogP contribution is -2.48. The van der Waals surface area contributed by atoms with Crippen molar-refractivity contribution in [2.75, 3.05) is 24.6 Å². The largest absolute Gasteiger partial charge is 0.354 e. The molecular formula is C12H22ClN3O2S. The van der Waals surface area contributed by atoms with E-state index in [1.54, 1.807) is 0 Å². The molecule has 2 heterocycles. The molecule has 0 aliphatic carbocycles. The van der Waals surface area contributed by atoms with Gasteiger partial charge in [-0.25, -0.2) is 0 Å². The van der Waals surface area contributed by atoms with Gasteiger partial charge in [-0.2, -0.15) is 11.8 Å². The predicted molar refractivity (Wildman–Crippen MR) is 79.8 cm³/mol. The molecule has 2 saturated heterocycles. The van der Waals surface area contributed by atoms with Crippen LogP contribution < -0.4 is 16.0 Å². The topological polar surface area (TPSA) is 70.2 Å². The van der Waals surface area contributed by atoms with Crippen LogP contribution in [-0.4, -0.2) is 48.5 Å². The lowest BCUT2D eigenvalue weighted by Gasteiger charge is -2.23. The normalized spacial score (nSPS) is 27.7. The van der Waals surface area contributed by atoms with E-state index in [0.29, 0.717) is 6.42 Å². The van der Waals surface area contributed by atoms with Crippen LogP contribution in [-0.2, 0) is 9.59 Å². The number of carbonyl (C=O) groups is 2. The Morgan fingerprint density at radius 3 is 2.95 bits per heavy atom. The summed E-state index contributed by atoms with van der Waals surface area (Å²) in [6.07, 6.45) is 3.21. The molecule has 5 nitrogen and oxygen atoms in total. The molecule has 7 heteroatoms. The molecule has 0 aromatic carbocycles. The molecule has 3 N–H and O–H groups in total. The molecule has 2 aliphatic rings. The summed E-state index contributed by atoms with van der Waals surface area (Å²) < 4.78 is 0. The van der Waals surface area contributed by atoms with E-state index in [2.05, 4.69) is 16.0 Å². The Kier molecular flexibility index (Phi) is 7.56. The van der Waals surface area contributed by atoms with E-state index in [4.69, 9.17) is 0 Å². The third-order valence-corrected chi connectivity index (χ3v) is 4.43. The summed E-state index contributed by atoms with van der Waals surface area (Å²) in [5.41, 5.74) is 0. The standard InChI is InChI=1S/C12H21N3O2S.ClH/c16-11(7-9-8-18-6-5-13-9)15-10-3-1-2-4-14-12(10)17;/h9-10,13H,1-8H2,(H,14,17)(H,15,16);1H. The predicted octanol–water partition coefficient (Wildman–Crippen LogP) is 0.288. The summed E-state index contributed by atoms with van der Waals surface area (Å²) in [7, 11) is 0. The summed E-state index contributed by atoms with van der Waals surface area (Å²) in [4.78, 5) is 23.6. The number of hydrogen-bond donors (Lipinski definition) is 3. The van der Waals surface area contributed by atoms with Gasteiger partial charge in [0, 0.05) is 37.1 Å². The quantitative estimate of drug-likeness (QED) is 0.701. The Morgan fingerprint density at radius 2 is 2.21 bits per heavy atom. The van der Waals surface area contributed by atoms with Gasteiger partial charge < -0.3 is 16.0 Å². The highest BCUT2D eigenvalue weighted by molar-refractivity contribution is 7.99. The Bertz CT molecular complexity index is 311. The molecule has 0 aromatic heterocycles. The fourth-order valence-corrected chi connectivity index (χ4v) is 3.25. The lowest BCUT2D eigenvalue weighted by molar-refractivity contribution is -0.129. The first-order valence-corrected chi connectivity index (χ1v) is 7.79. The van der Waals surface area contributed by atoms with E-state index in [9.17, 15) is 9.59 Å². The maximum Gasteiger partial charge on any atom is 0.242 e. The van der Waals surface area contributed by atoms with Gasteiger partial charge in [0.1, 0.15) is 6.04 Å². The van der Waals surface area contributed by atoms with Gasteiger partial charge in [0.15, 0.2) is 0 Å². The first kappa shape index (κ1) is 16.6. The molecule has 110 valence electrons. The van der Waals surface area contributed by atoms with Gasteiger partial charge in [-0.15, -0.1) is 12.4 Å². The molecule has 0 saturated carbocycles. The number of hydrogen-bond acceptors (Lipinski definition) is 4. The molecule has 2 amide bonds. The van der Waals surface area contributed by atoms with E-state index < -0.39 is 0 Å². The van der Waals surface area contributed by atoms with Crippen LogP contribution in [0.25, 0.3) is 0 Å². The Morgan fingerprint density at radius 1 is 1.37 bits per heavy atom. The van der Waals surface area contributed by atoms with Crippen molar-refractivity contribution in [1.29, 1.82) is 0 Å². The molecule has 0 aromatic rings. The van der Waals surface area contributed by atoms with Crippen LogP contribution in [0.2, 0.25) is 0 Å². The monoisotopic (exact) mass is 307 g/mol. The highest BCUT2D eigenvalue weighted by atomic mass is 35.5. The minimum absolute atomic E-state index is 0. The van der Waals surface area contributed by atoms with Crippen LogP contribution in [0.4, 0.5) is 0 Å². The van der Waals surface area contributed by atoms with Crippen molar-refractivity contribution in [1.82, 2.24) is 16.0 Å². The zero-order valence-electron chi connectivity index (χ0n) is 10.9.